The van der Waals surface area contributed by atoms with Crippen molar-refractivity contribution in [3.8, 4) is 0 Å². The van der Waals surface area contributed by atoms with Gasteiger partial charge in [0.25, 0.3) is 11.5 Å². The largest absolute Gasteiger partial charge is 0.454 e. The first kappa shape index (κ1) is 21.3. The second-order valence-electron chi connectivity index (χ2n) is 7.75. The number of amides is 1. The third-order valence-electron chi connectivity index (χ3n) is 5.42. The Morgan fingerprint density at radius 1 is 1.16 bits per heavy atom. The maximum Gasteiger partial charge on any atom is 0.326 e. The number of esters is 1. The first-order chi connectivity index (χ1) is 15.3. The zero-order valence-corrected chi connectivity index (χ0v) is 18.0. The van der Waals surface area contributed by atoms with E-state index in [2.05, 4.69) is 10.3 Å². The Hall–Kier alpha value is -3.94. The number of fused-ring (bicyclic) bond motifs is 3. The Kier molecular flexibility index (Phi) is 5.77. The van der Waals surface area contributed by atoms with Gasteiger partial charge in [0.1, 0.15) is 17.6 Å². The third kappa shape index (κ3) is 4.25. The number of nitrogens with zero attached hydrogens (tertiary/aromatic N) is 2. The molecule has 0 fully saturated rings. The summed E-state index contributed by atoms with van der Waals surface area (Å²) in [6.07, 6.45) is 1.27. The number of benzene rings is 2. The highest BCUT2D eigenvalue weighted by atomic mass is 16.5. The molecule has 2 heterocycles. The Morgan fingerprint density at radius 2 is 1.94 bits per heavy atom. The van der Waals surface area contributed by atoms with Crippen LogP contribution in [0.3, 0.4) is 0 Å². The highest BCUT2D eigenvalue weighted by molar-refractivity contribution is 6.01. The molecule has 1 atom stereocenters. The SMILES string of the molecule is Cc1ccc(C(C)NC(=O)COC(=O)Cn2cnc3c(oc4ccccc43)c2=O)cc1C. The summed E-state index contributed by atoms with van der Waals surface area (Å²) in [6.45, 7) is 5.07. The van der Waals surface area contributed by atoms with Crippen molar-refractivity contribution in [2.45, 2.75) is 33.4 Å². The molecule has 0 aliphatic rings. The van der Waals surface area contributed by atoms with Crippen LogP contribution < -0.4 is 10.9 Å². The summed E-state index contributed by atoms with van der Waals surface area (Å²) in [4.78, 5) is 41.3. The molecule has 32 heavy (non-hydrogen) atoms. The van der Waals surface area contributed by atoms with Crippen LogP contribution in [0.15, 0.2) is 58.0 Å². The van der Waals surface area contributed by atoms with Crippen LogP contribution >= 0.6 is 0 Å². The standard InChI is InChI=1S/C24H23N3O5/c1-14-8-9-17(10-15(14)2)16(3)26-20(28)12-31-21(29)11-27-13-25-22-18-6-4-5-7-19(18)32-23(22)24(27)30/h4-10,13,16H,11-12H2,1-3H3,(H,26,28). The van der Waals surface area contributed by atoms with Crippen LogP contribution in [-0.2, 0) is 20.9 Å². The number of rotatable bonds is 6. The maximum atomic E-state index is 12.7. The zero-order valence-electron chi connectivity index (χ0n) is 18.0. The first-order valence-electron chi connectivity index (χ1n) is 10.2. The molecule has 0 aliphatic heterocycles. The number of hydrogen-bond acceptors (Lipinski definition) is 6. The van der Waals surface area contributed by atoms with Crippen molar-refractivity contribution < 1.29 is 18.7 Å². The Balaban J connectivity index is 1.37. The zero-order chi connectivity index (χ0) is 22.8. The third-order valence-corrected chi connectivity index (χ3v) is 5.42. The molecular weight excluding hydrogens is 410 g/mol. The second-order valence-corrected chi connectivity index (χ2v) is 7.75. The Bertz CT molecular complexity index is 1390. The van der Waals surface area contributed by atoms with Gasteiger partial charge in [0.15, 0.2) is 6.61 Å². The van der Waals surface area contributed by atoms with E-state index in [4.69, 9.17) is 9.15 Å². The van der Waals surface area contributed by atoms with E-state index in [1.165, 1.54) is 11.9 Å². The van der Waals surface area contributed by atoms with Gasteiger partial charge in [-0.1, -0.05) is 30.3 Å². The fourth-order valence-corrected chi connectivity index (χ4v) is 3.46. The van der Waals surface area contributed by atoms with Crippen LogP contribution in [-0.4, -0.2) is 28.0 Å². The van der Waals surface area contributed by atoms with Gasteiger partial charge in [-0.3, -0.25) is 19.0 Å². The van der Waals surface area contributed by atoms with Crippen LogP contribution in [0.4, 0.5) is 0 Å². The quantitative estimate of drug-likeness (QED) is 0.469. The van der Waals surface area contributed by atoms with E-state index in [9.17, 15) is 14.4 Å². The molecule has 0 radical (unpaired) electrons. The van der Waals surface area contributed by atoms with Gasteiger partial charge in [-0.2, -0.15) is 0 Å². The minimum Gasteiger partial charge on any atom is -0.454 e. The molecule has 4 rings (SSSR count). The van der Waals surface area contributed by atoms with Gasteiger partial charge < -0.3 is 14.5 Å². The molecule has 164 valence electrons. The fraction of sp³-hybridized carbons (Fsp3) is 0.250. The number of carbonyl (C=O) groups is 2. The second kappa shape index (κ2) is 8.66. The van der Waals surface area contributed by atoms with Crippen molar-refractivity contribution in [3.63, 3.8) is 0 Å². The summed E-state index contributed by atoms with van der Waals surface area (Å²) in [5.41, 5.74) is 3.83. The number of para-hydroxylation sites is 1. The van der Waals surface area contributed by atoms with Crippen LogP contribution in [0.1, 0.15) is 29.7 Å². The predicted octanol–water partition coefficient (Wildman–Crippen LogP) is 3.18. The van der Waals surface area contributed by atoms with E-state index in [-0.39, 0.29) is 18.2 Å². The smallest absolute Gasteiger partial charge is 0.326 e. The molecule has 0 saturated heterocycles. The first-order valence-corrected chi connectivity index (χ1v) is 10.2. The molecule has 1 amide bonds. The molecule has 2 aromatic heterocycles. The van der Waals surface area contributed by atoms with Crippen molar-refractivity contribution in [1.82, 2.24) is 14.9 Å². The number of carbonyl (C=O) groups excluding carboxylic acids is 2. The van der Waals surface area contributed by atoms with Crippen molar-refractivity contribution in [3.05, 3.63) is 75.8 Å². The van der Waals surface area contributed by atoms with Gasteiger partial charge in [0.05, 0.1) is 12.4 Å². The maximum absolute atomic E-state index is 12.7. The van der Waals surface area contributed by atoms with Gasteiger partial charge in [-0.25, -0.2) is 4.98 Å². The normalized spacial score (nSPS) is 12.1. The number of hydrogen-bond donors (Lipinski definition) is 1. The molecule has 0 spiro atoms. The van der Waals surface area contributed by atoms with E-state index in [1.54, 1.807) is 12.1 Å². The van der Waals surface area contributed by atoms with Crippen LogP contribution in [0, 0.1) is 13.8 Å². The minimum atomic E-state index is -0.724. The van der Waals surface area contributed by atoms with Crippen molar-refractivity contribution in [2.24, 2.45) is 0 Å². The van der Waals surface area contributed by atoms with Crippen LogP contribution in [0.2, 0.25) is 0 Å². The van der Waals surface area contributed by atoms with E-state index >= 15 is 0 Å². The molecule has 0 aliphatic carbocycles. The van der Waals surface area contributed by atoms with E-state index in [0.29, 0.717) is 11.1 Å². The number of aryl methyl sites for hydroxylation is 2. The topological polar surface area (TPSA) is 103 Å². The molecule has 8 nitrogen and oxygen atoms in total. The lowest BCUT2D eigenvalue weighted by atomic mass is 10.0. The lowest BCUT2D eigenvalue weighted by molar-refractivity contribution is -0.149. The van der Waals surface area contributed by atoms with E-state index in [1.807, 2.05) is 51.1 Å². The highest BCUT2D eigenvalue weighted by Crippen LogP contribution is 2.24. The molecule has 1 unspecified atom stereocenters. The number of nitrogens with one attached hydrogen (secondary N) is 1. The monoisotopic (exact) mass is 433 g/mol. The molecule has 0 bridgehead atoms. The fourth-order valence-electron chi connectivity index (χ4n) is 3.46. The lowest BCUT2D eigenvalue weighted by Gasteiger charge is -2.16. The summed E-state index contributed by atoms with van der Waals surface area (Å²) in [5.74, 6) is -1.15. The molecular formula is C24H23N3O5. The number of aromatic nitrogens is 2. The Morgan fingerprint density at radius 3 is 2.72 bits per heavy atom. The van der Waals surface area contributed by atoms with E-state index < -0.39 is 24.0 Å². The minimum absolute atomic E-state index is 0.0708. The van der Waals surface area contributed by atoms with Gasteiger partial charge in [-0.05, 0) is 49.6 Å². The van der Waals surface area contributed by atoms with Crippen molar-refractivity contribution in [2.75, 3.05) is 6.61 Å². The van der Waals surface area contributed by atoms with Crippen molar-refractivity contribution >= 4 is 33.9 Å². The van der Waals surface area contributed by atoms with Crippen LogP contribution in [0.5, 0.6) is 0 Å². The summed E-state index contributed by atoms with van der Waals surface area (Å²) < 4.78 is 11.7. The Labute approximate surface area is 183 Å². The molecule has 8 heteroatoms. The van der Waals surface area contributed by atoms with Gasteiger partial charge in [0, 0.05) is 5.39 Å². The van der Waals surface area contributed by atoms with Gasteiger partial charge in [-0.15, -0.1) is 0 Å². The lowest BCUT2D eigenvalue weighted by Crippen LogP contribution is -2.32. The summed E-state index contributed by atoms with van der Waals surface area (Å²) in [5, 5.41) is 3.53. The average Bonchev–Trinajstić information content (AvgIpc) is 3.15. The summed E-state index contributed by atoms with van der Waals surface area (Å²) in [7, 11) is 0. The van der Waals surface area contributed by atoms with Gasteiger partial charge >= 0.3 is 5.97 Å². The summed E-state index contributed by atoms with van der Waals surface area (Å²) >= 11 is 0. The molecule has 0 saturated carbocycles. The summed E-state index contributed by atoms with van der Waals surface area (Å²) in [6, 6.07) is 12.9. The van der Waals surface area contributed by atoms with Gasteiger partial charge in [0.2, 0.25) is 5.58 Å². The highest BCUT2D eigenvalue weighted by Gasteiger charge is 2.16. The molecule has 2 aromatic carbocycles. The molecule has 1 N–H and O–H groups in total. The van der Waals surface area contributed by atoms with Crippen LogP contribution in [0.25, 0.3) is 22.1 Å². The number of ether oxygens (including phenoxy) is 1. The number of furan rings is 1. The van der Waals surface area contributed by atoms with Crippen molar-refractivity contribution in [1.29, 1.82) is 0 Å². The predicted molar refractivity (Wildman–Crippen MR) is 119 cm³/mol. The average molecular weight is 433 g/mol. The molecule has 4 aromatic rings. The van der Waals surface area contributed by atoms with E-state index in [0.717, 1.165) is 21.1 Å².